The molecule has 0 spiro atoms. The molecule has 0 saturated heterocycles. The molecule has 1 aromatic rings. The zero-order valence-corrected chi connectivity index (χ0v) is 13.7. The lowest BCUT2D eigenvalue weighted by atomic mass is 10.1. The van der Waals surface area contributed by atoms with Crippen molar-refractivity contribution in [3.05, 3.63) is 29.3 Å². The van der Waals surface area contributed by atoms with Gasteiger partial charge >= 0.3 is 5.97 Å². The average molecular weight is 280 g/mol. The summed E-state index contributed by atoms with van der Waals surface area (Å²) in [6, 6.07) is 5.36. The van der Waals surface area contributed by atoms with Gasteiger partial charge in [0, 0.05) is 0 Å². The first-order valence-electron chi connectivity index (χ1n) is 6.63. The number of carbonyl (C=O) groups is 1. The molecule has 0 aliphatic rings. The third-order valence-electron chi connectivity index (χ3n) is 3.86. The molecule has 0 unspecified atom stereocenters. The summed E-state index contributed by atoms with van der Waals surface area (Å²) in [6.45, 7) is 12.7. The van der Waals surface area contributed by atoms with Crippen molar-refractivity contribution in [3.63, 3.8) is 0 Å². The molecule has 19 heavy (non-hydrogen) atoms. The first kappa shape index (κ1) is 15.8. The second-order valence-electron chi connectivity index (χ2n) is 6.35. The van der Waals surface area contributed by atoms with E-state index in [1.807, 2.05) is 19.1 Å². The summed E-state index contributed by atoms with van der Waals surface area (Å²) in [4.78, 5) is 11.3. The van der Waals surface area contributed by atoms with Gasteiger partial charge in [0.2, 0.25) is 0 Å². The Kier molecular flexibility index (Phi) is 4.45. The number of carboxylic acids is 1. The first-order valence-corrected chi connectivity index (χ1v) is 9.54. The summed E-state index contributed by atoms with van der Waals surface area (Å²) in [5.74, 6) is -0.421. The van der Waals surface area contributed by atoms with Crippen molar-refractivity contribution in [1.29, 1.82) is 0 Å². The van der Waals surface area contributed by atoms with Crippen LogP contribution in [-0.4, -0.2) is 19.4 Å². The van der Waals surface area contributed by atoms with Crippen LogP contribution in [0, 0.1) is 0 Å². The van der Waals surface area contributed by atoms with Gasteiger partial charge in [-0.25, -0.2) is 4.79 Å². The highest BCUT2D eigenvalue weighted by Gasteiger charge is 2.39. The molecule has 0 aliphatic carbocycles. The molecule has 0 radical (unpaired) electrons. The van der Waals surface area contributed by atoms with E-state index in [0.717, 1.165) is 12.0 Å². The van der Waals surface area contributed by atoms with Crippen LogP contribution in [0.15, 0.2) is 18.2 Å². The maximum Gasteiger partial charge on any atom is 0.339 e. The van der Waals surface area contributed by atoms with Crippen molar-refractivity contribution < 1.29 is 14.3 Å². The molecule has 0 aromatic heterocycles. The fourth-order valence-electron chi connectivity index (χ4n) is 1.48. The van der Waals surface area contributed by atoms with Crippen LogP contribution in [0.3, 0.4) is 0 Å². The monoisotopic (exact) mass is 280 g/mol. The minimum absolute atomic E-state index is 0.0466. The van der Waals surface area contributed by atoms with Gasteiger partial charge in [-0.05, 0) is 42.2 Å². The van der Waals surface area contributed by atoms with Gasteiger partial charge < -0.3 is 9.53 Å². The number of hydrogen-bond donors (Lipinski definition) is 1. The number of carboxylic acid groups (broad SMARTS) is 1. The second kappa shape index (κ2) is 5.37. The van der Waals surface area contributed by atoms with Crippen molar-refractivity contribution in [2.75, 3.05) is 0 Å². The fraction of sp³-hybridized carbons (Fsp3) is 0.533. The van der Waals surface area contributed by atoms with Crippen LogP contribution >= 0.6 is 0 Å². The van der Waals surface area contributed by atoms with Gasteiger partial charge in [-0.1, -0.05) is 33.8 Å². The lowest BCUT2D eigenvalue weighted by Gasteiger charge is -2.36. The van der Waals surface area contributed by atoms with Crippen molar-refractivity contribution in [3.8, 4) is 5.75 Å². The van der Waals surface area contributed by atoms with E-state index >= 15 is 0 Å². The minimum atomic E-state index is -2.02. The van der Waals surface area contributed by atoms with Crippen molar-refractivity contribution >= 4 is 14.3 Å². The molecule has 0 amide bonds. The van der Waals surface area contributed by atoms with Gasteiger partial charge in [0.05, 0.1) is 5.56 Å². The lowest BCUT2D eigenvalue weighted by molar-refractivity contribution is 0.0694. The maximum atomic E-state index is 11.3. The Morgan fingerprint density at radius 1 is 1.32 bits per heavy atom. The molecule has 4 heteroatoms. The smallest absolute Gasteiger partial charge is 0.339 e. The molecule has 106 valence electrons. The van der Waals surface area contributed by atoms with Crippen LogP contribution in [0.4, 0.5) is 0 Å². The van der Waals surface area contributed by atoms with E-state index in [1.54, 1.807) is 6.07 Å². The van der Waals surface area contributed by atoms with E-state index in [0.29, 0.717) is 5.75 Å². The van der Waals surface area contributed by atoms with Crippen LogP contribution in [0.1, 0.15) is 43.6 Å². The number of aromatic carboxylic acids is 1. The van der Waals surface area contributed by atoms with E-state index in [4.69, 9.17) is 4.43 Å². The topological polar surface area (TPSA) is 46.5 Å². The SMILES string of the molecule is CCc1ccc(C(=O)O)c(O[Si](C)(C)C(C)(C)C)c1. The van der Waals surface area contributed by atoms with Gasteiger partial charge in [-0.15, -0.1) is 0 Å². The molecule has 0 aliphatic heterocycles. The Morgan fingerprint density at radius 2 is 1.89 bits per heavy atom. The number of hydrogen-bond acceptors (Lipinski definition) is 2. The van der Waals surface area contributed by atoms with Crippen molar-refractivity contribution in [2.45, 2.75) is 52.2 Å². The molecule has 1 N–H and O–H groups in total. The summed E-state index contributed by atoms with van der Waals surface area (Å²) in [6.07, 6.45) is 0.869. The summed E-state index contributed by atoms with van der Waals surface area (Å²) in [7, 11) is -2.02. The Bertz CT molecular complexity index is 473. The van der Waals surface area contributed by atoms with Crippen LogP contribution in [-0.2, 0) is 6.42 Å². The van der Waals surface area contributed by atoms with Gasteiger partial charge in [-0.3, -0.25) is 0 Å². The summed E-state index contributed by atoms with van der Waals surface area (Å²) < 4.78 is 6.16. The number of rotatable bonds is 4. The minimum Gasteiger partial charge on any atom is -0.543 e. The lowest BCUT2D eigenvalue weighted by Crippen LogP contribution is -2.44. The third kappa shape index (κ3) is 3.59. The molecule has 1 aromatic carbocycles. The van der Waals surface area contributed by atoms with E-state index in [2.05, 4.69) is 33.9 Å². The van der Waals surface area contributed by atoms with Crippen molar-refractivity contribution in [2.24, 2.45) is 0 Å². The molecule has 0 heterocycles. The number of aryl methyl sites for hydroxylation is 1. The van der Waals surface area contributed by atoms with Gasteiger partial charge in [0.25, 0.3) is 8.32 Å². The molecular weight excluding hydrogens is 256 g/mol. The standard InChI is InChI=1S/C15H24O3Si/c1-7-11-8-9-12(14(16)17)13(10-11)18-19(5,6)15(2,3)4/h8-10H,7H2,1-6H3,(H,16,17). The Labute approximate surface area is 116 Å². The summed E-state index contributed by atoms with van der Waals surface area (Å²) in [5, 5.41) is 9.31. The molecule has 3 nitrogen and oxygen atoms in total. The van der Waals surface area contributed by atoms with Crippen LogP contribution in [0.5, 0.6) is 5.75 Å². The zero-order valence-electron chi connectivity index (χ0n) is 12.7. The Hall–Kier alpha value is -1.29. The fourth-order valence-corrected chi connectivity index (χ4v) is 2.50. The zero-order chi connectivity index (χ0) is 14.8. The highest BCUT2D eigenvalue weighted by molar-refractivity contribution is 6.74. The van der Waals surface area contributed by atoms with E-state index in [9.17, 15) is 9.90 Å². The molecule has 0 atom stereocenters. The Balaban J connectivity index is 3.21. The molecule has 1 rings (SSSR count). The number of benzene rings is 1. The van der Waals surface area contributed by atoms with E-state index < -0.39 is 14.3 Å². The largest absolute Gasteiger partial charge is 0.543 e. The van der Waals surface area contributed by atoms with Gasteiger partial charge in [0.1, 0.15) is 5.75 Å². The predicted molar refractivity (Wildman–Crippen MR) is 80.6 cm³/mol. The highest BCUT2D eigenvalue weighted by atomic mass is 28.4. The van der Waals surface area contributed by atoms with Crippen LogP contribution < -0.4 is 4.43 Å². The molecule has 0 saturated carbocycles. The molecule has 0 fully saturated rings. The van der Waals surface area contributed by atoms with Crippen LogP contribution in [0.2, 0.25) is 18.1 Å². The second-order valence-corrected chi connectivity index (χ2v) is 11.1. The normalized spacial score (nSPS) is 12.3. The quantitative estimate of drug-likeness (QED) is 0.835. The summed E-state index contributed by atoms with van der Waals surface area (Å²) >= 11 is 0. The highest BCUT2D eigenvalue weighted by Crippen LogP contribution is 2.38. The maximum absolute atomic E-state index is 11.3. The molecular formula is C15H24O3Si. The van der Waals surface area contributed by atoms with E-state index in [1.165, 1.54) is 0 Å². The average Bonchev–Trinajstić information content (AvgIpc) is 2.26. The molecule has 0 bridgehead atoms. The van der Waals surface area contributed by atoms with Gasteiger partial charge in [-0.2, -0.15) is 0 Å². The Morgan fingerprint density at radius 3 is 2.32 bits per heavy atom. The van der Waals surface area contributed by atoms with Crippen molar-refractivity contribution in [1.82, 2.24) is 0 Å². The van der Waals surface area contributed by atoms with Gasteiger partial charge in [0.15, 0.2) is 0 Å². The van der Waals surface area contributed by atoms with E-state index in [-0.39, 0.29) is 10.6 Å². The first-order chi connectivity index (χ1) is 8.58. The third-order valence-corrected chi connectivity index (χ3v) is 8.20. The summed E-state index contributed by atoms with van der Waals surface area (Å²) in [5.41, 5.74) is 1.35. The van der Waals surface area contributed by atoms with Crippen LogP contribution in [0.25, 0.3) is 0 Å². The predicted octanol–water partition coefficient (Wildman–Crippen LogP) is 4.33.